The van der Waals surface area contributed by atoms with Gasteiger partial charge >= 0.3 is 6.09 Å². The van der Waals surface area contributed by atoms with Gasteiger partial charge in [-0.05, 0) is 25.1 Å². The summed E-state index contributed by atoms with van der Waals surface area (Å²) in [5, 5.41) is 5.81. The molecule has 2 aromatic rings. The number of amides is 2. The van der Waals surface area contributed by atoms with Crippen molar-refractivity contribution < 1.29 is 14.3 Å². The molecule has 136 valence electrons. The van der Waals surface area contributed by atoms with Crippen molar-refractivity contribution in [3.8, 4) is 0 Å². The van der Waals surface area contributed by atoms with Crippen molar-refractivity contribution in [3.63, 3.8) is 0 Å². The zero-order valence-electron chi connectivity index (χ0n) is 14.3. The minimum atomic E-state index is -0.534. The minimum Gasteiger partial charge on any atom is -0.444 e. The quantitative estimate of drug-likeness (QED) is 0.705. The van der Waals surface area contributed by atoms with E-state index in [2.05, 4.69) is 20.6 Å². The molecule has 1 unspecified atom stereocenters. The van der Waals surface area contributed by atoms with Gasteiger partial charge in [0.1, 0.15) is 6.10 Å². The molecule has 1 aromatic carbocycles. The van der Waals surface area contributed by atoms with Gasteiger partial charge in [-0.3, -0.25) is 4.79 Å². The van der Waals surface area contributed by atoms with Crippen molar-refractivity contribution in [2.24, 2.45) is 0 Å². The summed E-state index contributed by atoms with van der Waals surface area (Å²) in [4.78, 5) is 33.7. The van der Waals surface area contributed by atoms with Crippen molar-refractivity contribution in [3.05, 3.63) is 42.2 Å². The van der Waals surface area contributed by atoms with Crippen LogP contribution in [0.25, 0.3) is 0 Å². The average Bonchev–Trinajstić information content (AvgIpc) is 3.16. The summed E-state index contributed by atoms with van der Waals surface area (Å²) in [5.41, 5.74) is 7.02. The SMILES string of the molecule is CN(C(=O)OC1CCNC1)c1ncc(C(=O)Nc2ccccc2N)cn1. The molecule has 26 heavy (non-hydrogen) atoms. The fraction of sp³-hybridized carbons (Fsp3) is 0.294. The third-order valence-corrected chi connectivity index (χ3v) is 3.97. The Morgan fingerprint density at radius 3 is 2.69 bits per heavy atom. The Morgan fingerprint density at radius 2 is 2.04 bits per heavy atom. The molecule has 1 aliphatic rings. The number of benzene rings is 1. The molecule has 2 heterocycles. The summed E-state index contributed by atoms with van der Waals surface area (Å²) in [6, 6.07) is 6.94. The molecule has 1 aromatic heterocycles. The second-order valence-electron chi connectivity index (χ2n) is 5.87. The predicted molar refractivity (Wildman–Crippen MR) is 97.0 cm³/mol. The van der Waals surface area contributed by atoms with Crippen molar-refractivity contribution in [1.82, 2.24) is 15.3 Å². The van der Waals surface area contributed by atoms with Crippen LogP contribution in [-0.2, 0) is 4.74 Å². The molecule has 1 saturated heterocycles. The number of hydrogen-bond donors (Lipinski definition) is 3. The van der Waals surface area contributed by atoms with Gasteiger partial charge in [0.15, 0.2) is 0 Å². The number of aromatic nitrogens is 2. The first-order valence-corrected chi connectivity index (χ1v) is 8.17. The third kappa shape index (κ3) is 4.06. The maximum Gasteiger partial charge on any atom is 0.416 e. The second kappa shape index (κ2) is 7.79. The van der Waals surface area contributed by atoms with Crippen LogP contribution in [0.5, 0.6) is 0 Å². The molecule has 0 aliphatic carbocycles. The van der Waals surface area contributed by atoms with Gasteiger partial charge in [-0.25, -0.2) is 19.7 Å². The van der Waals surface area contributed by atoms with Crippen LogP contribution < -0.4 is 21.3 Å². The molecule has 1 aliphatic heterocycles. The van der Waals surface area contributed by atoms with E-state index >= 15 is 0 Å². The highest BCUT2D eigenvalue weighted by Crippen LogP contribution is 2.18. The molecule has 9 nitrogen and oxygen atoms in total. The highest BCUT2D eigenvalue weighted by molar-refractivity contribution is 6.05. The number of para-hydroxylation sites is 2. The Morgan fingerprint density at radius 1 is 1.31 bits per heavy atom. The van der Waals surface area contributed by atoms with Gasteiger partial charge < -0.3 is 21.1 Å². The first-order chi connectivity index (χ1) is 12.5. The van der Waals surface area contributed by atoms with Gasteiger partial charge in [0.25, 0.3) is 5.91 Å². The maximum atomic E-state index is 12.3. The lowest BCUT2D eigenvalue weighted by Crippen LogP contribution is -2.33. The standard InChI is InChI=1S/C17H20N6O3/c1-23(17(25)26-12-6-7-19-10-12)16-20-8-11(9-21-16)15(24)22-14-5-3-2-4-13(14)18/h2-5,8-9,12,19H,6-7,10,18H2,1H3,(H,22,24). The van der Waals surface area contributed by atoms with E-state index in [1.54, 1.807) is 24.3 Å². The molecule has 0 bridgehead atoms. The van der Waals surface area contributed by atoms with Crippen LogP contribution in [-0.4, -0.2) is 48.2 Å². The molecule has 1 atom stereocenters. The molecular formula is C17H20N6O3. The van der Waals surface area contributed by atoms with Gasteiger partial charge in [0, 0.05) is 26.0 Å². The molecule has 4 N–H and O–H groups in total. The van der Waals surface area contributed by atoms with E-state index in [9.17, 15) is 9.59 Å². The zero-order chi connectivity index (χ0) is 18.5. The summed E-state index contributed by atoms with van der Waals surface area (Å²) in [5.74, 6) is -0.242. The van der Waals surface area contributed by atoms with Crippen LogP contribution in [0.2, 0.25) is 0 Å². The highest BCUT2D eigenvalue weighted by Gasteiger charge is 2.23. The van der Waals surface area contributed by atoms with Gasteiger partial charge in [0.2, 0.25) is 5.95 Å². The van der Waals surface area contributed by atoms with Crippen LogP contribution in [0.3, 0.4) is 0 Å². The summed E-state index contributed by atoms with van der Waals surface area (Å²) in [6.45, 7) is 1.47. The second-order valence-corrected chi connectivity index (χ2v) is 5.87. The minimum absolute atomic E-state index is 0.147. The number of nitrogens with one attached hydrogen (secondary N) is 2. The molecular weight excluding hydrogens is 336 g/mol. The smallest absolute Gasteiger partial charge is 0.416 e. The average molecular weight is 356 g/mol. The monoisotopic (exact) mass is 356 g/mol. The van der Waals surface area contributed by atoms with E-state index in [1.807, 2.05) is 0 Å². The third-order valence-electron chi connectivity index (χ3n) is 3.97. The zero-order valence-corrected chi connectivity index (χ0v) is 14.3. The summed E-state index contributed by atoms with van der Waals surface area (Å²) in [7, 11) is 1.52. The van der Waals surface area contributed by atoms with E-state index in [0.717, 1.165) is 13.0 Å². The Hall–Kier alpha value is -3.20. The van der Waals surface area contributed by atoms with E-state index in [4.69, 9.17) is 10.5 Å². The van der Waals surface area contributed by atoms with E-state index in [0.29, 0.717) is 17.9 Å². The van der Waals surface area contributed by atoms with E-state index in [1.165, 1.54) is 24.3 Å². The van der Waals surface area contributed by atoms with Gasteiger partial charge in [0.05, 0.1) is 16.9 Å². The molecule has 0 radical (unpaired) electrons. The highest BCUT2D eigenvalue weighted by atomic mass is 16.6. The number of anilines is 3. The number of nitrogen functional groups attached to an aromatic ring is 1. The van der Waals surface area contributed by atoms with Gasteiger partial charge in [-0.2, -0.15) is 0 Å². The number of carbonyl (C=O) groups excluding carboxylic acids is 2. The number of hydrogen-bond acceptors (Lipinski definition) is 7. The molecule has 0 spiro atoms. The summed E-state index contributed by atoms with van der Waals surface area (Å²) < 4.78 is 5.35. The van der Waals surface area contributed by atoms with Crippen molar-refractivity contribution in [2.75, 3.05) is 36.1 Å². The summed E-state index contributed by atoms with van der Waals surface area (Å²) >= 11 is 0. The van der Waals surface area contributed by atoms with E-state index in [-0.39, 0.29) is 17.6 Å². The first-order valence-electron chi connectivity index (χ1n) is 8.17. The normalized spacial score (nSPS) is 16.1. The number of nitrogens with zero attached hydrogens (tertiary/aromatic N) is 3. The first kappa shape index (κ1) is 17.6. The molecule has 9 heteroatoms. The Balaban J connectivity index is 1.62. The Labute approximate surface area is 150 Å². The number of carbonyl (C=O) groups is 2. The van der Waals surface area contributed by atoms with Gasteiger partial charge in [-0.15, -0.1) is 0 Å². The molecule has 2 amide bonds. The van der Waals surface area contributed by atoms with Crippen molar-refractivity contribution in [2.45, 2.75) is 12.5 Å². The fourth-order valence-electron chi connectivity index (χ4n) is 2.45. The maximum absolute atomic E-state index is 12.3. The Bertz CT molecular complexity index is 789. The van der Waals surface area contributed by atoms with Crippen LogP contribution in [0.4, 0.5) is 22.1 Å². The number of ether oxygens (including phenoxy) is 1. The van der Waals surface area contributed by atoms with Crippen LogP contribution in [0.1, 0.15) is 16.8 Å². The molecule has 1 fully saturated rings. The summed E-state index contributed by atoms with van der Waals surface area (Å²) in [6.07, 6.45) is 2.79. The predicted octanol–water partition coefficient (Wildman–Crippen LogP) is 1.25. The number of rotatable bonds is 4. The van der Waals surface area contributed by atoms with Crippen LogP contribution >= 0.6 is 0 Å². The number of nitrogens with two attached hydrogens (primary N) is 1. The molecule has 0 saturated carbocycles. The lowest BCUT2D eigenvalue weighted by atomic mass is 10.2. The van der Waals surface area contributed by atoms with Crippen LogP contribution in [0, 0.1) is 0 Å². The van der Waals surface area contributed by atoms with Crippen LogP contribution in [0.15, 0.2) is 36.7 Å². The largest absolute Gasteiger partial charge is 0.444 e. The fourth-order valence-corrected chi connectivity index (χ4v) is 2.45. The van der Waals surface area contributed by atoms with Crippen molar-refractivity contribution >= 4 is 29.3 Å². The van der Waals surface area contributed by atoms with E-state index < -0.39 is 12.0 Å². The molecule has 3 rings (SSSR count). The van der Waals surface area contributed by atoms with Crippen molar-refractivity contribution in [1.29, 1.82) is 0 Å². The topological polar surface area (TPSA) is 122 Å². The van der Waals surface area contributed by atoms with Gasteiger partial charge in [-0.1, -0.05) is 12.1 Å². The lowest BCUT2D eigenvalue weighted by molar-refractivity contribution is 0.102. The lowest BCUT2D eigenvalue weighted by Gasteiger charge is -2.18. The Kier molecular flexibility index (Phi) is 5.28.